The van der Waals surface area contributed by atoms with E-state index in [1.165, 1.54) is 0 Å². The molecule has 0 unspecified atom stereocenters. The summed E-state index contributed by atoms with van der Waals surface area (Å²) in [7, 11) is 0. The first-order valence-electron chi connectivity index (χ1n) is 9.64. The number of pyridine rings is 1. The number of aryl methyl sites for hydroxylation is 1. The van der Waals surface area contributed by atoms with Crippen molar-refractivity contribution in [1.29, 1.82) is 5.26 Å². The number of fused-ring (bicyclic) bond motifs is 1. The van der Waals surface area contributed by atoms with Crippen LogP contribution in [0, 0.1) is 23.7 Å². The minimum Gasteiger partial charge on any atom is -0.457 e. The molecule has 1 heterocycles. The molecule has 4 heteroatoms. The SMILES string of the molecule is C#Cc1cc2ncc(C#N)c(Nc3ccc(Oc4ccccc4)cc3)c2cc1CC. The molecule has 0 atom stereocenters. The number of hydrogen-bond donors (Lipinski definition) is 1. The maximum atomic E-state index is 9.61. The number of benzene rings is 3. The number of anilines is 2. The molecule has 1 N–H and O–H groups in total. The van der Waals surface area contributed by atoms with Gasteiger partial charge in [0.2, 0.25) is 0 Å². The number of ether oxygens (including phenoxy) is 1. The molecule has 0 aliphatic carbocycles. The highest BCUT2D eigenvalue weighted by Crippen LogP contribution is 2.32. The lowest BCUT2D eigenvalue weighted by Gasteiger charge is -2.14. The number of nitriles is 1. The van der Waals surface area contributed by atoms with E-state index in [0.717, 1.165) is 51.3 Å². The van der Waals surface area contributed by atoms with Crippen LogP contribution >= 0.6 is 0 Å². The zero-order valence-corrected chi connectivity index (χ0v) is 16.5. The van der Waals surface area contributed by atoms with E-state index in [-0.39, 0.29) is 0 Å². The second kappa shape index (κ2) is 8.39. The zero-order chi connectivity index (χ0) is 20.9. The van der Waals surface area contributed by atoms with E-state index >= 15 is 0 Å². The zero-order valence-electron chi connectivity index (χ0n) is 16.5. The van der Waals surface area contributed by atoms with Gasteiger partial charge in [0.05, 0.1) is 16.8 Å². The van der Waals surface area contributed by atoms with Crippen LogP contribution in [0.2, 0.25) is 0 Å². The molecule has 144 valence electrons. The van der Waals surface area contributed by atoms with Crippen molar-refractivity contribution >= 4 is 22.3 Å². The quantitative estimate of drug-likeness (QED) is 0.414. The lowest BCUT2D eigenvalue weighted by atomic mass is 10.00. The summed E-state index contributed by atoms with van der Waals surface area (Å²) in [4.78, 5) is 4.42. The second-order valence-corrected chi connectivity index (χ2v) is 6.75. The average molecular weight is 389 g/mol. The number of nitrogens with zero attached hydrogens (tertiary/aromatic N) is 2. The van der Waals surface area contributed by atoms with E-state index in [9.17, 15) is 5.26 Å². The maximum absolute atomic E-state index is 9.61. The molecule has 4 nitrogen and oxygen atoms in total. The molecular weight excluding hydrogens is 370 g/mol. The van der Waals surface area contributed by atoms with Gasteiger partial charge >= 0.3 is 0 Å². The molecule has 0 saturated carbocycles. The summed E-state index contributed by atoms with van der Waals surface area (Å²) >= 11 is 0. The monoisotopic (exact) mass is 389 g/mol. The van der Waals surface area contributed by atoms with Crippen molar-refractivity contribution in [2.75, 3.05) is 5.32 Å². The van der Waals surface area contributed by atoms with Crippen molar-refractivity contribution in [1.82, 2.24) is 4.98 Å². The smallest absolute Gasteiger partial charge is 0.127 e. The number of nitrogens with one attached hydrogen (secondary N) is 1. The minimum atomic E-state index is 0.475. The van der Waals surface area contributed by atoms with Gasteiger partial charge in [0.25, 0.3) is 0 Å². The number of para-hydroxylation sites is 1. The van der Waals surface area contributed by atoms with Crippen molar-refractivity contribution in [3.63, 3.8) is 0 Å². The first-order chi connectivity index (χ1) is 14.7. The standard InChI is InChI=1S/C26H19N3O/c1-3-18-14-24-25(15-19(18)4-2)28-17-20(16-27)26(24)29-21-10-12-23(13-11-21)30-22-8-6-5-7-9-22/h2,5-15,17H,3H2,1H3,(H,28,29). The highest BCUT2D eigenvalue weighted by atomic mass is 16.5. The summed E-state index contributed by atoms with van der Waals surface area (Å²) in [6.07, 6.45) is 8.02. The van der Waals surface area contributed by atoms with Crippen molar-refractivity contribution < 1.29 is 4.74 Å². The first kappa shape index (κ1) is 19.1. The Labute approximate surface area is 175 Å². The summed E-state index contributed by atoms with van der Waals surface area (Å²) in [5.41, 5.74) is 4.68. The summed E-state index contributed by atoms with van der Waals surface area (Å²) < 4.78 is 5.85. The molecular formula is C26H19N3O. The molecule has 0 aliphatic heterocycles. The second-order valence-electron chi connectivity index (χ2n) is 6.75. The van der Waals surface area contributed by atoms with E-state index in [4.69, 9.17) is 11.2 Å². The van der Waals surface area contributed by atoms with Gasteiger partial charge in [0, 0.05) is 22.8 Å². The minimum absolute atomic E-state index is 0.475. The fraction of sp³-hybridized carbons (Fsp3) is 0.0769. The molecule has 3 aromatic carbocycles. The van der Waals surface area contributed by atoms with Gasteiger partial charge in [-0.15, -0.1) is 6.42 Å². The molecule has 0 fully saturated rings. The van der Waals surface area contributed by atoms with Gasteiger partial charge in [0.1, 0.15) is 17.6 Å². The van der Waals surface area contributed by atoms with Crippen LogP contribution in [0.15, 0.2) is 72.9 Å². The fourth-order valence-corrected chi connectivity index (χ4v) is 3.31. The average Bonchev–Trinajstić information content (AvgIpc) is 2.80. The number of hydrogen-bond acceptors (Lipinski definition) is 4. The number of terminal acetylenes is 1. The summed E-state index contributed by atoms with van der Waals surface area (Å²) in [6, 6.07) is 23.4. The summed E-state index contributed by atoms with van der Waals surface area (Å²) in [5, 5.41) is 13.9. The van der Waals surface area contributed by atoms with Gasteiger partial charge in [-0.1, -0.05) is 31.0 Å². The molecule has 0 spiro atoms. The topological polar surface area (TPSA) is 57.9 Å². The van der Waals surface area contributed by atoms with Crippen LogP contribution in [0.4, 0.5) is 11.4 Å². The molecule has 0 aliphatic rings. The largest absolute Gasteiger partial charge is 0.457 e. The van der Waals surface area contributed by atoms with Gasteiger partial charge in [-0.25, -0.2) is 0 Å². The van der Waals surface area contributed by atoms with Crippen molar-refractivity contribution in [2.24, 2.45) is 0 Å². The van der Waals surface area contributed by atoms with Gasteiger partial charge in [-0.05, 0) is 60.5 Å². The lowest BCUT2D eigenvalue weighted by molar-refractivity contribution is 0.483. The molecule has 0 saturated heterocycles. The first-order valence-corrected chi connectivity index (χ1v) is 9.64. The van der Waals surface area contributed by atoms with Crippen LogP contribution in [0.5, 0.6) is 11.5 Å². The van der Waals surface area contributed by atoms with E-state index in [0.29, 0.717) is 5.56 Å². The summed E-state index contributed by atoms with van der Waals surface area (Å²) in [6.45, 7) is 2.06. The third-order valence-electron chi connectivity index (χ3n) is 4.85. The number of rotatable bonds is 5. The Hall–Kier alpha value is -4.28. The predicted molar refractivity (Wildman–Crippen MR) is 120 cm³/mol. The van der Waals surface area contributed by atoms with Crippen LogP contribution in [0.25, 0.3) is 10.9 Å². The molecule has 4 rings (SSSR count). The van der Waals surface area contributed by atoms with Crippen LogP contribution < -0.4 is 10.1 Å². The lowest BCUT2D eigenvalue weighted by Crippen LogP contribution is -1.99. The fourth-order valence-electron chi connectivity index (χ4n) is 3.31. The molecule has 0 radical (unpaired) electrons. The van der Waals surface area contributed by atoms with E-state index in [1.807, 2.05) is 66.7 Å². The van der Waals surface area contributed by atoms with Gasteiger partial charge in [-0.3, -0.25) is 4.98 Å². The normalized spacial score (nSPS) is 10.2. The van der Waals surface area contributed by atoms with E-state index in [2.05, 4.69) is 29.2 Å². The van der Waals surface area contributed by atoms with Gasteiger partial charge < -0.3 is 10.1 Å². The van der Waals surface area contributed by atoms with E-state index < -0.39 is 0 Å². The molecule has 1 aromatic heterocycles. The highest BCUT2D eigenvalue weighted by Gasteiger charge is 2.12. The van der Waals surface area contributed by atoms with Gasteiger partial charge in [-0.2, -0.15) is 5.26 Å². The Morgan fingerprint density at radius 1 is 1.00 bits per heavy atom. The van der Waals surface area contributed by atoms with Crippen LogP contribution in [0.1, 0.15) is 23.6 Å². The highest BCUT2D eigenvalue weighted by molar-refractivity contribution is 5.97. The summed E-state index contributed by atoms with van der Waals surface area (Å²) in [5.74, 6) is 4.24. The van der Waals surface area contributed by atoms with Crippen molar-refractivity contribution in [3.05, 3.63) is 89.6 Å². The Bertz CT molecular complexity index is 1280. The van der Waals surface area contributed by atoms with Crippen molar-refractivity contribution in [2.45, 2.75) is 13.3 Å². The maximum Gasteiger partial charge on any atom is 0.127 e. The third-order valence-corrected chi connectivity index (χ3v) is 4.85. The Morgan fingerprint density at radius 3 is 2.40 bits per heavy atom. The Morgan fingerprint density at radius 2 is 1.73 bits per heavy atom. The Balaban J connectivity index is 1.69. The van der Waals surface area contributed by atoms with Crippen molar-refractivity contribution in [3.8, 4) is 29.9 Å². The van der Waals surface area contributed by atoms with E-state index in [1.54, 1.807) is 6.20 Å². The number of aromatic nitrogens is 1. The molecule has 0 amide bonds. The van der Waals surface area contributed by atoms with Crippen LogP contribution in [-0.4, -0.2) is 4.98 Å². The molecule has 30 heavy (non-hydrogen) atoms. The Kier molecular flexibility index (Phi) is 5.33. The molecule has 4 aromatic rings. The van der Waals surface area contributed by atoms with Gasteiger partial charge in [0.15, 0.2) is 0 Å². The van der Waals surface area contributed by atoms with Crippen LogP contribution in [0.3, 0.4) is 0 Å². The molecule has 0 bridgehead atoms. The van der Waals surface area contributed by atoms with Crippen LogP contribution in [-0.2, 0) is 6.42 Å². The third kappa shape index (κ3) is 3.81. The predicted octanol–water partition coefficient (Wildman–Crippen LogP) is 6.19.